The SMILES string of the molecule is CC12CCC3C(CC=C4CC(CC#Cc5ccccc5)(N=O)CCC43C)C1CCC2=O. The molecule has 162 valence electrons. The zero-order chi connectivity index (χ0) is 21.7. The van der Waals surface area contributed by atoms with Crippen LogP contribution >= 0.6 is 0 Å². The lowest BCUT2D eigenvalue weighted by Gasteiger charge is -2.57. The third-order valence-corrected chi connectivity index (χ3v) is 9.58. The first-order chi connectivity index (χ1) is 14.9. The van der Waals surface area contributed by atoms with E-state index >= 15 is 0 Å². The van der Waals surface area contributed by atoms with Crippen LogP contribution in [0.25, 0.3) is 0 Å². The van der Waals surface area contributed by atoms with Crippen molar-refractivity contribution < 1.29 is 4.79 Å². The minimum Gasteiger partial charge on any atom is -0.299 e. The maximum Gasteiger partial charge on any atom is 0.139 e. The van der Waals surface area contributed by atoms with E-state index in [9.17, 15) is 9.70 Å². The molecule has 3 fully saturated rings. The Morgan fingerprint density at radius 2 is 1.81 bits per heavy atom. The molecule has 31 heavy (non-hydrogen) atoms. The van der Waals surface area contributed by atoms with E-state index in [-0.39, 0.29) is 10.8 Å². The van der Waals surface area contributed by atoms with Crippen LogP contribution in [0.3, 0.4) is 0 Å². The van der Waals surface area contributed by atoms with Crippen LogP contribution in [0.2, 0.25) is 0 Å². The van der Waals surface area contributed by atoms with Gasteiger partial charge >= 0.3 is 0 Å². The van der Waals surface area contributed by atoms with Crippen molar-refractivity contribution in [1.82, 2.24) is 0 Å². The van der Waals surface area contributed by atoms with Gasteiger partial charge in [0, 0.05) is 23.8 Å². The molecule has 0 N–H and O–H groups in total. The Labute approximate surface area is 186 Å². The van der Waals surface area contributed by atoms with E-state index in [2.05, 4.69) is 36.9 Å². The average Bonchev–Trinajstić information content (AvgIpc) is 3.09. The molecule has 0 aliphatic heterocycles. The summed E-state index contributed by atoms with van der Waals surface area (Å²) in [6, 6.07) is 9.96. The number of Topliss-reactive ketones (excluding diaryl/α,β-unsaturated/α-hetero) is 1. The fourth-order valence-electron chi connectivity index (χ4n) is 7.58. The number of hydrogen-bond donors (Lipinski definition) is 0. The average molecular weight is 416 g/mol. The first-order valence-electron chi connectivity index (χ1n) is 12.0. The summed E-state index contributed by atoms with van der Waals surface area (Å²) in [4.78, 5) is 24.7. The molecular formula is C28H33NO2. The standard InChI is InChI=1S/C28H33NO2/c1-26-17-18-28(29-31,15-6-9-20-7-4-3-5-8-20)19-21(26)10-11-22-23-12-13-25(30)27(23,2)16-14-24(22)26/h3-5,7-8,10,22-24H,11-19H2,1-2H3. The molecule has 0 spiro atoms. The van der Waals surface area contributed by atoms with Crippen molar-refractivity contribution in [2.24, 2.45) is 33.8 Å². The van der Waals surface area contributed by atoms with Crippen LogP contribution in [0.5, 0.6) is 0 Å². The van der Waals surface area contributed by atoms with Gasteiger partial charge in [-0.2, -0.15) is 4.91 Å². The summed E-state index contributed by atoms with van der Waals surface area (Å²) in [5.74, 6) is 8.77. The molecule has 3 nitrogen and oxygen atoms in total. The van der Waals surface area contributed by atoms with Crippen LogP contribution in [0.15, 0.2) is 47.2 Å². The molecule has 0 heterocycles. The number of nitroso groups, excluding NO2 is 1. The number of carbonyl (C=O) groups excluding carboxylic acids is 1. The summed E-state index contributed by atoms with van der Waals surface area (Å²) < 4.78 is 0. The quantitative estimate of drug-likeness (QED) is 0.316. The summed E-state index contributed by atoms with van der Waals surface area (Å²) in [5.41, 5.74) is 1.90. The number of ketones is 1. The van der Waals surface area contributed by atoms with E-state index in [4.69, 9.17) is 0 Å². The zero-order valence-corrected chi connectivity index (χ0v) is 18.8. The number of fused-ring (bicyclic) bond motifs is 5. The van der Waals surface area contributed by atoms with Crippen LogP contribution < -0.4 is 0 Å². The van der Waals surface area contributed by atoms with Crippen LogP contribution in [-0.2, 0) is 4.79 Å². The lowest BCUT2D eigenvalue weighted by molar-refractivity contribution is -0.131. The number of nitrogens with zero attached hydrogens (tertiary/aromatic N) is 1. The van der Waals surface area contributed by atoms with Crippen molar-refractivity contribution in [2.75, 3.05) is 0 Å². The Bertz CT molecular complexity index is 985. The van der Waals surface area contributed by atoms with Crippen LogP contribution in [0.4, 0.5) is 0 Å². The molecule has 6 unspecified atom stereocenters. The van der Waals surface area contributed by atoms with Gasteiger partial charge in [-0.3, -0.25) is 4.79 Å². The number of rotatable bonds is 2. The fourth-order valence-corrected chi connectivity index (χ4v) is 7.58. The number of carbonyl (C=O) groups is 1. The minimum atomic E-state index is -0.591. The van der Waals surface area contributed by atoms with Crippen molar-refractivity contribution in [3.05, 3.63) is 52.5 Å². The minimum absolute atomic E-state index is 0.0846. The molecule has 0 saturated heterocycles. The van der Waals surface area contributed by atoms with E-state index in [1.54, 1.807) is 0 Å². The molecule has 5 rings (SSSR count). The highest BCUT2D eigenvalue weighted by Crippen LogP contribution is 2.65. The number of allylic oxidation sites excluding steroid dienone is 1. The van der Waals surface area contributed by atoms with Gasteiger partial charge in [-0.25, -0.2) is 0 Å². The van der Waals surface area contributed by atoms with Crippen LogP contribution in [-0.4, -0.2) is 11.3 Å². The Balaban J connectivity index is 1.37. The Morgan fingerprint density at radius 1 is 1.03 bits per heavy atom. The summed E-state index contributed by atoms with van der Waals surface area (Å²) in [6.45, 7) is 4.66. The summed E-state index contributed by atoms with van der Waals surface area (Å²) in [7, 11) is 0. The van der Waals surface area contributed by atoms with Gasteiger partial charge in [0.05, 0.1) is 0 Å². The molecular weight excluding hydrogens is 382 g/mol. The molecule has 0 aromatic heterocycles. The first-order valence-corrected chi connectivity index (χ1v) is 12.0. The largest absolute Gasteiger partial charge is 0.299 e. The third kappa shape index (κ3) is 3.22. The van der Waals surface area contributed by atoms with Crippen molar-refractivity contribution in [1.29, 1.82) is 0 Å². The molecule has 4 aliphatic carbocycles. The summed E-state index contributed by atoms with van der Waals surface area (Å²) in [6.07, 6.45) is 10.6. The fraction of sp³-hybridized carbons (Fsp3) is 0.607. The molecule has 6 atom stereocenters. The van der Waals surface area contributed by atoms with E-state index in [1.807, 2.05) is 30.3 Å². The van der Waals surface area contributed by atoms with Crippen LogP contribution in [0.1, 0.15) is 77.2 Å². The highest BCUT2D eigenvalue weighted by atomic mass is 16.3. The maximum absolute atomic E-state index is 12.6. The smallest absolute Gasteiger partial charge is 0.139 e. The van der Waals surface area contributed by atoms with Crippen molar-refractivity contribution in [2.45, 2.75) is 77.2 Å². The summed E-state index contributed by atoms with van der Waals surface area (Å²) in [5, 5.41) is 3.67. The van der Waals surface area contributed by atoms with Gasteiger partial charge in [-0.15, -0.1) is 0 Å². The van der Waals surface area contributed by atoms with Crippen molar-refractivity contribution >= 4 is 5.78 Å². The van der Waals surface area contributed by atoms with E-state index in [0.717, 1.165) is 56.9 Å². The normalized spacial score (nSPS) is 41.2. The molecule has 1 aromatic rings. The lowest BCUT2D eigenvalue weighted by Crippen LogP contribution is -2.51. The van der Waals surface area contributed by atoms with Gasteiger partial charge in [0.1, 0.15) is 11.3 Å². The van der Waals surface area contributed by atoms with Gasteiger partial charge in [0.15, 0.2) is 0 Å². The Hall–Kier alpha value is -2.21. The number of hydrogen-bond acceptors (Lipinski definition) is 3. The molecule has 4 aliphatic rings. The molecule has 0 bridgehead atoms. The van der Waals surface area contributed by atoms with Gasteiger partial charge < -0.3 is 0 Å². The zero-order valence-electron chi connectivity index (χ0n) is 18.8. The predicted molar refractivity (Wildman–Crippen MR) is 123 cm³/mol. The third-order valence-electron chi connectivity index (χ3n) is 9.58. The van der Waals surface area contributed by atoms with Gasteiger partial charge in [0.2, 0.25) is 0 Å². The monoisotopic (exact) mass is 415 g/mol. The lowest BCUT2D eigenvalue weighted by atomic mass is 9.47. The Kier molecular flexibility index (Phi) is 4.96. The van der Waals surface area contributed by atoms with E-state index in [0.29, 0.717) is 30.0 Å². The van der Waals surface area contributed by atoms with E-state index < -0.39 is 5.54 Å². The first kappa shape index (κ1) is 20.7. The molecule has 1 aromatic carbocycles. The van der Waals surface area contributed by atoms with Gasteiger partial charge in [-0.05, 0) is 80.2 Å². The highest BCUT2D eigenvalue weighted by Gasteiger charge is 2.59. The summed E-state index contributed by atoms with van der Waals surface area (Å²) >= 11 is 0. The molecule has 3 heteroatoms. The van der Waals surface area contributed by atoms with Crippen molar-refractivity contribution in [3.63, 3.8) is 0 Å². The van der Waals surface area contributed by atoms with Gasteiger partial charge in [0.25, 0.3) is 0 Å². The van der Waals surface area contributed by atoms with Crippen molar-refractivity contribution in [3.8, 4) is 11.8 Å². The predicted octanol–water partition coefficient (Wildman–Crippen LogP) is 6.47. The molecule has 3 saturated carbocycles. The topological polar surface area (TPSA) is 46.5 Å². The van der Waals surface area contributed by atoms with Gasteiger partial charge in [-0.1, -0.05) is 60.7 Å². The molecule has 0 radical (unpaired) electrons. The van der Waals surface area contributed by atoms with Crippen LogP contribution in [0, 0.1) is 45.3 Å². The highest BCUT2D eigenvalue weighted by molar-refractivity contribution is 5.87. The second kappa shape index (κ2) is 7.44. The number of benzene rings is 1. The second-order valence-corrected chi connectivity index (χ2v) is 11.0. The molecule has 0 amide bonds. The maximum atomic E-state index is 12.6. The second-order valence-electron chi connectivity index (χ2n) is 11.0. The Morgan fingerprint density at radius 3 is 2.58 bits per heavy atom. The van der Waals surface area contributed by atoms with E-state index in [1.165, 1.54) is 5.57 Å².